The van der Waals surface area contributed by atoms with E-state index >= 15 is 0 Å². The molecule has 6 heteroatoms. The van der Waals surface area contributed by atoms with Crippen LogP contribution in [0.4, 0.5) is 0 Å². The summed E-state index contributed by atoms with van der Waals surface area (Å²) in [4.78, 5) is 12.4. The van der Waals surface area contributed by atoms with Crippen LogP contribution in [0, 0.1) is 5.41 Å². The van der Waals surface area contributed by atoms with E-state index in [0.29, 0.717) is 17.2 Å². The number of hydrogen-bond donors (Lipinski definition) is 3. The van der Waals surface area contributed by atoms with Crippen LogP contribution in [0.1, 0.15) is 17.0 Å². The topological polar surface area (TPSA) is 88.2 Å². The molecule has 4 N–H and O–H groups in total. The predicted octanol–water partition coefficient (Wildman–Crippen LogP) is 2.68. The number of benzene rings is 2. The second-order valence-corrected chi connectivity index (χ2v) is 5.50. The molecule has 0 spiro atoms. The summed E-state index contributed by atoms with van der Waals surface area (Å²) < 4.78 is 5.14. The number of nitrogens with two attached hydrogens (primary N) is 1. The summed E-state index contributed by atoms with van der Waals surface area (Å²) >= 11 is 5.89. The Labute approximate surface area is 139 Å². The molecule has 0 radical (unpaired) electrons. The average molecular weight is 332 g/mol. The first-order chi connectivity index (χ1) is 11.0. The molecule has 2 rings (SSSR count). The van der Waals surface area contributed by atoms with Crippen molar-refractivity contribution in [2.45, 2.75) is 12.3 Å². The fourth-order valence-corrected chi connectivity index (χ4v) is 2.40. The lowest BCUT2D eigenvalue weighted by atomic mass is 9.91. The van der Waals surface area contributed by atoms with E-state index in [9.17, 15) is 4.79 Å². The lowest BCUT2D eigenvalue weighted by Crippen LogP contribution is -2.39. The fourth-order valence-electron chi connectivity index (χ4n) is 2.27. The van der Waals surface area contributed by atoms with Crippen molar-refractivity contribution >= 4 is 23.5 Å². The molecule has 0 aliphatic carbocycles. The maximum atomic E-state index is 12.4. The van der Waals surface area contributed by atoms with E-state index in [1.807, 2.05) is 24.3 Å². The Morgan fingerprint density at radius 3 is 2.35 bits per heavy atom. The molecule has 1 amide bonds. The van der Waals surface area contributed by atoms with Crippen molar-refractivity contribution in [2.75, 3.05) is 7.11 Å². The van der Waals surface area contributed by atoms with Gasteiger partial charge in [0.2, 0.25) is 5.91 Å². The molecule has 0 bridgehead atoms. The smallest absolute Gasteiger partial charge is 0.234 e. The van der Waals surface area contributed by atoms with Crippen molar-refractivity contribution in [1.82, 2.24) is 5.32 Å². The van der Waals surface area contributed by atoms with E-state index in [0.717, 1.165) is 11.1 Å². The normalized spacial score (nSPS) is 11.6. The monoisotopic (exact) mass is 331 g/mol. The number of rotatable bonds is 5. The SMILES string of the molecule is COc1ccc([C@@H](Cc2ccc(Cl)cc2)C(=O)NC(=N)N)cc1. The zero-order valence-electron chi connectivity index (χ0n) is 12.7. The summed E-state index contributed by atoms with van der Waals surface area (Å²) in [6.45, 7) is 0. The highest BCUT2D eigenvalue weighted by Crippen LogP contribution is 2.24. The number of nitrogens with one attached hydrogen (secondary N) is 2. The first-order valence-electron chi connectivity index (χ1n) is 7.03. The minimum Gasteiger partial charge on any atom is -0.497 e. The van der Waals surface area contributed by atoms with Crippen molar-refractivity contribution in [3.63, 3.8) is 0 Å². The van der Waals surface area contributed by atoms with Crippen molar-refractivity contribution in [3.05, 3.63) is 64.7 Å². The van der Waals surface area contributed by atoms with Crippen LogP contribution in [0.2, 0.25) is 5.02 Å². The van der Waals surface area contributed by atoms with Gasteiger partial charge in [0, 0.05) is 5.02 Å². The third kappa shape index (κ3) is 4.72. The number of hydrogen-bond acceptors (Lipinski definition) is 3. The van der Waals surface area contributed by atoms with Crippen molar-refractivity contribution in [3.8, 4) is 5.75 Å². The van der Waals surface area contributed by atoms with Gasteiger partial charge < -0.3 is 10.5 Å². The standard InChI is InChI=1S/C17H18ClN3O2/c1-23-14-8-4-12(5-9-14)15(16(22)21-17(19)20)10-11-2-6-13(18)7-3-11/h2-9,15H,10H2,1H3,(H4,19,20,21,22)/t15-/m1/s1. The van der Waals surface area contributed by atoms with E-state index in [1.54, 1.807) is 31.4 Å². The van der Waals surface area contributed by atoms with E-state index in [1.165, 1.54) is 0 Å². The molecule has 0 fully saturated rings. The summed E-state index contributed by atoms with van der Waals surface area (Å²) in [6, 6.07) is 14.6. The molecule has 1 atom stereocenters. The minimum atomic E-state index is -0.467. The van der Waals surface area contributed by atoms with Gasteiger partial charge in [0.05, 0.1) is 13.0 Å². The number of halogens is 1. The number of carbonyl (C=O) groups is 1. The summed E-state index contributed by atoms with van der Waals surface area (Å²) in [7, 11) is 1.59. The zero-order valence-corrected chi connectivity index (χ0v) is 13.4. The highest BCUT2D eigenvalue weighted by molar-refractivity contribution is 6.30. The summed E-state index contributed by atoms with van der Waals surface area (Å²) in [5.74, 6) is -0.445. The molecule has 0 saturated carbocycles. The van der Waals surface area contributed by atoms with Gasteiger partial charge >= 0.3 is 0 Å². The van der Waals surface area contributed by atoms with Gasteiger partial charge in [0.1, 0.15) is 5.75 Å². The van der Waals surface area contributed by atoms with E-state index < -0.39 is 5.92 Å². The van der Waals surface area contributed by atoms with E-state index in [4.69, 9.17) is 27.5 Å². The molecule has 23 heavy (non-hydrogen) atoms. The average Bonchev–Trinajstić information content (AvgIpc) is 2.54. The lowest BCUT2D eigenvalue weighted by molar-refractivity contribution is -0.121. The first-order valence-corrected chi connectivity index (χ1v) is 7.40. The minimum absolute atomic E-state index is 0.322. The lowest BCUT2D eigenvalue weighted by Gasteiger charge is -2.17. The molecule has 0 unspecified atom stereocenters. The van der Waals surface area contributed by atoms with Gasteiger partial charge in [0.15, 0.2) is 5.96 Å². The van der Waals surface area contributed by atoms with Gasteiger partial charge in [-0.15, -0.1) is 0 Å². The maximum absolute atomic E-state index is 12.4. The fraction of sp³-hybridized carbons (Fsp3) is 0.176. The van der Waals surface area contributed by atoms with Crippen LogP contribution >= 0.6 is 11.6 Å². The van der Waals surface area contributed by atoms with Crippen LogP contribution in [-0.4, -0.2) is 19.0 Å². The van der Waals surface area contributed by atoms with E-state index in [2.05, 4.69) is 5.32 Å². The number of ether oxygens (including phenoxy) is 1. The van der Waals surface area contributed by atoms with Gasteiger partial charge in [-0.1, -0.05) is 35.9 Å². The summed E-state index contributed by atoms with van der Waals surface area (Å²) in [5.41, 5.74) is 7.07. The Hall–Kier alpha value is -2.53. The summed E-state index contributed by atoms with van der Waals surface area (Å²) in [5, 5.41) is 10.3. The molecule has 5 nitrogen and oxygen atoms in total. The Bertz CT molecular complexity index is 684. The second kappa shape index (κ2) is 7.65. The number of carbonyl (C=O) groups excluding carboxylic acids is 1. The highest BCUT2D eigenvalue weighted by atomic mass is 35.5. The van der Waals surface area contributed by atoms with Crippen LogP contribution in [0.3, 0.4) is 0 Å². The van der Waals surface area contributed by atoms with Gasteiger partial charge in [-0.2, -0.15) is 0 Å². The van der Waals surface area contributed by atoms with Gasteiger partial charge in [-0.3, -0.25) is 15.5 Å². The second-order valence-electron chi connectivity index (χ2n) is 5.06. The summed E-state index contributed by atoms with van der Waals surface area (Å²) in [6.07, 6.45) is 0.475. The molecule has 2 aromatic carbocycles. The number of amides is 1. The molecule has 0 aliphatic rings. The molecular weight excluding hydrogens is 314 g/mol. The van der Waals surface area contributed by atoms with Crippen LogP contribution < -0.4 is 15.8 Å². The quantitative estimate of drug-likeness (QED) is 0.581. The highest BCUT2D eigenvalue weighted by Gasteiger charge is 2.21. The van der Waals surface area contributed by atoms with Crippen LogP contribution in [0.5, 0.6) is 5.75 Å². The van der Waals surface area contributed by atoms with Crippen LogP contribution in [-0.2, 0) is 11.2 Å². The zero-order chi connectivity index (χ0) is 16.8. The Morgan fingerprint density at radius 1 is 1.22 bits per heavy atom. The van der Waals surface area contributed by atoms with Crippen molar-refractivity contribution in [2.24, 2.45) is 5.73 Å². The number of methoxy groups -OCH3 is 1. The maximum Gasteiger partial charge on any atom is 0.234 e. The third-order valence-electron chi connectivity index (χ3n) is 3.45. The van der Waals surface area contributed by atoms with E-state index in [-0.39, 0.29) is 11.9 Å². The third-order valence-corrected chi connectivity index (χ3v) is 3.70. The Kier molecular flexibility index (Phi) is 5.60. The van der Waals surface area contributed by atoms with Crippen molar-refractivity contribution in [1.29, 1.82) is 5.41 Å². The van der Waals surface area contributed by atoms with Crippen molar-refractivity contribution < 1.29 is 9.53 Å². The first kappa shape index (κ1) is 16.8. The molecule has 0 heterocycles. The molecule has 0 aromatic heterocycles. The molecular formula is C17H18ClN3O2. The van der Waals surface area contributed by atoms with Crippen LogP contribution in [0.15, 0.2) is 48.5 Å². The van der Waals surface area contributed by atoms with Gasteiger partial charge in [0.25, 0.3) is 0 Å². The Morgan fingerprint density at radius 2 is 1.83 bits per heavy atom. The molecule has 0 aliphatic heterocycles. The predicted molar refractivity (Wildman–Crippen MR) is 90.9 cm³/mol. The van der Waals surface area contributed by atoms with Crippen LogP contribution in [0.25, 0.3) is 0 Å². The Balaban J connectivity index is 2.28. The van der Waals surface area contributed by atoms with Gasteiger partial charge in [-0.05, 0) is 41.8 Å². The largest absolute Gasteiger partial charge is 0.497 e. The molecule has 120 valence electrons. The number of guanidine groups is 1. The van der Waals surface area contributed by atoms with Gasteiger partial charge in [-0.25, -0.2) is 0 Å². The molecule has 2 aromatic rings. The molecule has 0 saturated heterocycles.